The molecule has 1 atom stereocenters. The first kappa shape index (κ1) is 10.8. The Balaban J connectivity index is 2.25. The minimum atomic E-state index is -0.493. The number of nitrogens with two attached hydrogens (primary N) is 1. The van der Waals surface area contributed by atoms with Gasteiger partial charge >= 0.3 is 5.97 Å². The van der Waals surface area contributed by atoms with Gasteiger partial charge in [0.25, 0.3) is 0 Å². The zero-order valence-electron chi connectivity index (χ0n) is 7.86. The Morgan fingerprint density at radius 3 is 2.77 bits per heavy atom. The second kappa shape index (κ2) is 5.47. The molecular formula is C8H16N2O2S. The summed E-state index contributed by atoms with van der Waals surface area (Å²) in [7, 11) is 1.37. The third-order valence-electron chi connectivity index (χ3n) is 2.06. The molecule has 0 aliphatic carbocycles. The van der Waals surface area contributed by atoms with Gasteiger partial charge in [-0.1, -0.05) is 0 Å². The number of methoxy groups -OCH3 is 1. The normalized spacial score (nSPS) is 21.1. The van der Waals surface area contributed by atoms with Crippen molar-refractivity contribution in [3.05, 3.63) is 0 Å². The lowest BCUT2D eigenvalue weighted by Gasteiger charge is -2.27. The molecule has 1 rings (SSSR count). The maximum atomic E-state index is 11.0. The highest BCUT2D eigenvalue weighted by molar-refractivity contribution is 7.99. The van der Waals surface area contributed by atoms with E-state index in [0.29, 0.717) is 6.54 Å². The van der Waals surface area contributed by atoms with Gasteiger partial charge in [0.05, 0.1) is 7.11 Å². The number of esters is 1. The van der Waals surface area contributed by atoms with E-state index in [1.807, 2.05) is 11.8 Å². The summed E-state index contributed by atoms with van der Waals surface area (Å²) in [6.07, 6.45) is 0. The summed E-state index contributed by atoms with van der Waals surface area (Å²) in [5.41, 5.74) is 5.64. The molecule has 0 aromatic heterocycles. The van der Waals surface area contributed by atoms with Gasteiger partial charge in [0.2, 0.25) is 0 Å². The molecule has 0 aromatic rings. The van der Waals surface area contributed by atoms with Crippen LogP contribution in [-0.4, -0.2) is 55.2 Å². The number of hydrogen-bond donors (Lipinski definition) is 1. The quantitative estimate of drug-likeness (QED) is 0.630. The van der Waals surface area contributed by atoms with Crippen molar-refractivity contribution in [2.24, 2.45) is 5.73 Å². The third-order valence-corrected chi connectivity index (χ3v) is 3.01. The molecule has 2 N–H and O–H groups in total. The molecule has 1 unspecified atom stereocenters. The van der Waals surface area contributed by atoms with Gasteiger partial charge in [-0.05, 0) is 0 Å². The minimum Gasteiger partial charge on any atom is -0.468 e. The fraction of sp³-hybridized carbons (Fsp3) is 0.875. The van der Waals surface area contributed by atoms with Crippen LogP contribution in [0.15, 0.2) is 0 Å². The number of carbonyl (C=O) groups is 1. The molecule has 0 saturated carbocycles. The topological polar surface area (TPSA) is 55.6 Å². The molecule has 1 heterocycles. The molecule has 1 aliphatic heterocycles. The van der Waals surface area contributed by atoms with Crippen LogP contribution >= 0.6 is 11.8 Å². The first-order valence-corrected chi connectivity index (χ1v) is 5.53. The van der Waals surface area contributed by atoms with Crippen LogP contribution in [0.1, 0.15) is 0 Å². The fourth-order valence-corrected chi connectivity index (χ4v) is 2.27. The predicted molar refractivity (Wildman–Crippen MR) is 53.8 cm³/mol. The van der Waals surface area contributed by atoms with Crippen molar-refractivity contribution in [3.8, 4) is 0 Å². The fourth-order valence-electron chi connectivity index (χ4n) is 1.29. The molecule has 76 valence electrons. The van der Waals surface area contributed by atoms with Gasteiger partial charge < -0.3 is 10.5 Å². The van der Waals surface area contributed by atoms with Crippen molar-refractivity contribution in [1.82, 2.24) is 4.90 Å². The van der Waals surface area contributed by atoms with E-state index in [2.05, 4.69) is 9.64 Å². The van der Waals surface area contributed by atoms with Crippen LogP contribution in [0.5, 0.6) is 0 Å². The lowest BCUT2D eigenvalue weighted by Crippen LogP contribution is -2.46. The van der Waals surface area contributed by atoms with E-state index in [1.54, 1.807) is 0 Å². The zero-order chi connectivity index (χ0) is 9.68. The van der Waals surface area contributed by atoms with Crippen LogP contribution in [0.4, 0.5) is 0 Å². The summed E-state index contributed by atoms with van der Waals surface area (Å²) in [5.74, 6) is 1.94. The Morgan fingerprint density at radius 2 is 2.23 bits per heavy atom. The minimum absolute atomic E-state index is 0.321. The SMILES string of the molecule is COC(=O)C(N)CN1CCSCC1. The number of carbonyl (C=O) groups excluding carboxylic acids is 1. The highest BCUT2D eigenvalue weighted by Gasteiger charge is 2.19. The number of nitrogens with zero attached hydrogens (tertiary/aromatic N) is 1. The number of ether oxygens (including phenoxy) is 1. The van der Waals surface area contributed by atoms with Gasteiger partial charge in [-0.2, -0.15) is 11.8 Å². The van der Waals surface area contributed by atoms with Crippen molar-refractivity contribution < 1.29 is 9.53 Å². The molecule has 0 amide bonds. The Labute approximate surface area is 82.8 Å². The maximum absolute atomic E-state index is 11.0. The first-order valence-electron chi connectivity index (χ1n) is 4.37. The summed E-state index contributed by atoms with van der Waals surface area (Å²) in [6, 6.07) is -0.493. The van der Waals surface area contributed by atoms with Gasteiger partial charge in [-0.3, -0.25) is 9.69 Å². The number of thioether (sulfide) groups is 1. The van der Waals surface area contributed by atoms with E-state index in [-0.39, 0.29) is 5.97 Å². The van der Waals surface area contributed by atoms with Gasteiger partial charge in [0.15, 0.2) is 0 Å². The summed E-state index contributed by atoms with van der Waals surface area (Å²) in [5, 5.41) is 0. The molecule has 1 fully saturated rings. The van der Waals surface area contributed by atoms with E-state index >= 15 is 0 Å². The third kappa shape index (κ3) is 3.54. The molecular weight excluding hydrogens is 188 g/mol. The van der Waals surface area contributed by atoms with Gasteiger partial charge in [-0.25, -0.2) is 0 Å². The van der Waals surface area contributed by atoms with E-state index in [9.17, 15) is 4.79 Å². The van der Waals surface area contributed by atoms with Crippen molar-refractivity contribution in [2.75, 3.05) is 38.2 Å². The molecule has 5 heteroatoms. The zero-order valence-corrected chi connectivity index (χ0v) is 8.68. The molecule has 1 aliphatic rings. The summed E-state index contributed by atoms with van der Waals surface area (Å²) >= 11 is 1.94. The van der Waals surface area contributed by atoms with Crippen LogP contribution in [0.25, 0.3) is 0 Å². The molecule has 0 radical (unpaired) electrons. The average Bonchev–Trinajstić information content (AvgIpc) is 2.18. The van der Waals surface area contributed by atoms with Gasteiger partial charge in [0.1, 0.15) is 6.04 Å². The van der Waals surface area contributed by atoms with Crippen molar-refractivity contribution in [3.63, 3.8) is 0 Å². The van der Waals surface area contributed by atoms with Crippen molar-refractivity contribution in [1.29, 1.82) is 0 Å². The smallest absolute Gasteiger partial charge is 0.323 e. The Morgan fingerprint density at radius 1 is 1.62 bits per heavy atom. The van der Waals surface area contributed by atoms with Gasteiger partial charge in [-0.15, -0.1) is 0 Å². The van der Waals surface area contributed by atoms with E-state index in [0.717, 1.165) is 24.6 Å². The largest absolute Gasteiger partial charge is 0.468 e. The number of hydrogen-bond acceptors (Lipinski definition) is 5. The summed E-state index contributed by atoms with van der Waals surface area (Å²) in [6.45, 7) is 2.66. The molecule has 0 spiro atoms. The molecule has 0 bridgehead atoms. The lowest BCUT2D eigenvalue weighted by molar-refractivity contribution is -0.142. The van der Waals surface area contributed by atoms with Crippen LogP contribution in [-0.2, 0) is 9.53 Å². The Bertz CT molecular complexity index is 172. The molecule has 1 saturated heterocycles. The highest BCUT2D eigenvalue weighted by atomic mass is 32.2. The maximum Gasteiger partial charge on any atom is 0.323 e. The Kier molecular flexibility index (Phi) is 4.55. The van der Waals surface area contributed by atoms with E-state index in [1.165, 1.54) is 7.11 Å². The van der Waals surface area contributed by atoms with E-state index in [4.69, 9.17) is 5.73 Å². The summed E-state index contributed by atoms with van der Waals surface area (Å²) in [4.78, 5) is 13.2. The summed E-state index contributed by atoms with van der Waals surface area (Å²) < 4.78 is 4.56. The van der Waals surface area contributed by atoms with Crippen LogP contribution in [0, 0.1) is 0 Å². The van der Waals surface area contributed by atoms with Crippen molar-refractivity contribution in [2.45, 2.75) is 6.04 Å². The van der Waals surface area contributed by atoms with Crippen LogP contribution < -0.4 is 5.73 Å². The van der Waals surface area contributed by atoms with Crippen molar-refractivity contribution >= 4 is 17.7 Å². The standard InChI is InChI=1S/C8H16N2O2S/c1-12-8(11)7(9)6-10-2-4-13-5-3-10/h7H,2-6,9H2,1H3. The van der Waals surface area contributed by atoms with Crippen LogP contribution in [0.3, 0.4) is 0 Å². The lowest BCUT2D eigenvalue weighted by atomic mass is 10.3. The second-order valence-corrected chi connectivity index (χ2v) is 4.27. The van der Waals surface area contributed by atoms with Gasteiger partial charge in [0, 0.05) is 31.1 Å². The van der Waals surface area contributed by atoms with E-state index < -0.39 is 6.04 Å². The first-order chi connectivity index (χ1) is 6.24. The second-order valence-electron chi connectivity index (χ2n) is 3.04. The highest BCUT2D eigenvalue weighted by Crippen LogP contribution is 2.08. The van der Waals surface area contributed by atoms with Crippen LogP contribution in [0.2, 0.25) is 0 Å². The molecule has 0 aromatic carbocycles. The monoisotopic (exact) mass is 204 g/mol. The Hall–Kier alpha value is -0.260. The average molecular weight is 204 g/mol. The molecule has 4 nitrogen and oxygen atoms in total. The predicted octanol–water partition coefficient (Wildman–Crippen LogP) is -0.464. The molecule has 13 heavy (non-hydrogen) atoms. The number of rotatable bonds is 3.